The van der Waals surface area contributed by atoms with Gasteiger partial charge in [-0.2, -0.15) is 0 Å². The maximum Gasteiger partial charge on any atom is 0.326 e. The van der Waals surface area contributed by atoms with Crippen LogP contribution in [0.4, 0.5) is 0 Å². The highest BCUT2D eigenvalue weighted by molar-refractivity contribution is 5.84. The van der Waals surface area contributed by atoms with Gasteiger partial charge < -0.3 is 10.4 Å². The average Bonchev–Trinajstić information content (AvgIpc) is 2.37. The van der Waals surface area contributed by atoms with E-state index in [0.717, 1.165) is 22.2 Å². The summed E-state index contributed by atoms with van der Waals surface area (Å²) < 4.78 is 0. The number of para-hydroxylation sites is 1. The Morgan fingerprint density at radius 1 is 1.47 bits per heavy atom. The fourth-order valence-corrected chi connectivity index (χ4v) is 2.08. The first-order chi connectivity index (χ1) is 9.11. The fourth-order valence-electron chi connectivity index (χ4n) is 2.08. The van der Waals surface area contributed by atoms with Crippen molar-refractivity contribution in [3.8, 4) is 0 Å². The lowest BCUT2D eigenvalue weighted by atomic mass is 10.0. The normalized spacial score (nSPS) is 12.1. The predicted molar refractivity (Wildman–Crippen MR) is 70.8 cm³/mol. The molecular formula is C14H14N2O3. The largest absolute Gasteiger partial charge is 0.480 e. The first-order valence-corrected chi connectivity index (χ1v) is 5.89. The summed E-state index contributed by atoms with van der Waals surface area (Å²) in [5, 5.41) is 12.3. The van der Waals surface area contributed by atoms with Crippen molar-refractivity contribution in [2.45, 2.75) is 19.4 Å². The van der Waals surface area contributed by atoms with Crippen molar-refractivity contribution in [2.75, 3.05) is 0 Å². The van der Waals surface area contributed by atoms with Gasteiger partial charge in [-0.05, 0) is 24.6 Å². The molecule has 1 heterocycles. The number of fused-ring (bicyclic) bond motifs is 1. The first kappa shape index (κ1) is 13.0. The van der Waals surface area contributed by atoms with E-state index in [1.807, 2.05) is 37.3 Å². The Hall–Kier alpha value is -2.43. The highest BCUT2D eigenvalue weighted by Crippen LogP contribution is 2.19. The van der Waals surface area contributed by atoms with Crippen LogP contribution in [-0.2, 0) is 16.0 Å². The third-order valence-electron chi connectivity index (χ3n) is 2.92. The molecule has 1 atom stereocenters. The summed E-state index contributed by atoms with van der Waals surface area (Å²) in [5.41, 5.74) is 2.52. The lowest BCUT2D eigenvalue weighted by molar-refractivity contribution is -0.140. The number of carboxylic acid groups (broad SMARTS) is 1. The van der Waals surface area contributed by atoms with E-state index in [1.54, 1.807) is 0 Å². The Kier molecular flexibility index (Phi) is 3.75. The summed E-state index contributed by atoms with van der Waals surface area (Å²) in [6.45, 7) is 1.86. The van der Waals surface area contributed by atoms with Crippen LogP contribution in [0.15, 0.2) is 30.3 Å². The van der Waals surface area contributed by atoms with Gasteiger partial charge in [0.15, 0.2) is 0 Å². The number of hydrogen-bond donors (Lipinski definition) is 2. The van der Waals surface area contributed by atoms with Gasteiger partial charge in [0.25, 0.3) is 0 Å². The number of nitrogens with one attached hydrogen (secondary N) is 1. The van der Waals surface area contributed by atoms with E-state index in [4.69, 9.17) is 5.11 Å². The van der Waals surface area contributed by atoms with Gasteiger partial charge in [-0.1, -0.05) is 18.2 Å². The second-order valence-electron chi connectivity index (χ2n) is 4.32. The van der Waals surface area contributed by atoms with E-state index < -0.39 is 12.0 Å². The van der Waals surface area contributed by atoms with Crippen molar-refractivity contribution < 1.29 is 14.7 Å². The van der Waals surface area contributed by atoms with Crippen molar-refractivity contribution in [1.29, 1.82) is 0 Å². The average molecular weight is 258 g/mol. The molecule has 2 aromatic rings. The van der Waals surface area contributed by atoms with Gasteiger partial charge in [-0.3, -0.25) is 9.78 Å². The van der Waals surface area contributed by atoms with Crippen LogP contribution in [0.1, 0.15) is 11.3 Å². The molecule has 1 unspecified atom stereocenters. The minimum atomic E-state index is -1.05. The molecule has 5 nitrogen and oxygen atoms in total. The Balaban J connectivity index is 2.43. The monoisotopic (exact) mass is 258 g/mol. The van der Waals surface area contributed by atoms with Gasteiger partial charge in [0.1, 0.15) is 6.04 Å². The highest BCUT2D eigenvalue weighted by Gasteiger charge is 2.18. The number of carbonyl (C=O) groups is 2. The van der Waals surface area contributed by atoms with Crippen LogP contribution in [0.2, 0.25) is 0 Å². The first-order valence-electron chi connectivity index (χ1n) is 5.89. The number of amides is 1. The molecule has 5 heteroatoms. The quantitative estimate of drug-likeness (QED) is 0.792. The number of nitrogens with zero attached hydrogens (tertiary/aromatic N) is 1. The Morgan fingerprint density at radius 3 is 2.89 bits per heavy atom. The number of aromatic nitrogens is 1. The summed E-state index contributed by atoms with van der Waals surface area (Å²) in [6, 6.07) is 8.47. The van der Waals surface area contributed by atoms with E-state index in [0.29, 0.717) is 6.41 Å². The number of carbonyl (C=O) groups excluding carboxylic acids is 1. The van der Waals surface area contributed by atoms with Crippen LogP contribution in [0.5, 0.6) is 0 Å². The molecule has 0 fully saturated rings. The molecule has 1 aromatic carbocycles. The molecule has 1 aromatic heterocycles. The van der Waals surface area contributed by atoms with Crippen molar-refractivity contribution in [1.82, 2.24) is 10.3 Å². The molecule has 0 saturated carbocycles. The van der Waals surface area contributed by atoms with Gasteiger partial charge in [0.2, 0.25) is 6.41 Å². The fraction of sp³-hybridized carbons (Fsp3) is 0.214. The Bertz CT molecular complexity index is 625. The smallest absolute Gasteiger partial charge is 0.326 e. The van der Waals surface area contributed by atoms with Crippen LogP contribution >= 0.6 is 0 Å². The number of pyridine rings is 1. The van der Waals surface area contributed by atoms with Crippen LogP contribution in [0.25, 0.3) is 10.9 Å². The summed E-state index contributed by atoms with van der Waals surface area (Å²) in [7, 11) is 0. The van der Waals surface area contributed by atoms with E-state index in [9.17, 15) is 9.59 Å². The number of aryl methyl sites for hydroxylation is 1. The topological polar surface area (TPSA) is 79.3 Å². The second kappa shape index (κ2) is 5.48. The zero-order chi connectivity index (χ0) is 13.8. The Labute approximate surface area is 110 Å². The number of benzene rings is 1. The SMILES string of the molecule is Cc1cc(CC(NC=O)C(=O)O)c2ccccc2n1. The summed E-state index contributed by atoms with van der Waals surface area (Å²) in [6.07, 6.45) is 0.646. The van der Waals surface area contributed by atoms with Gasteiger partial charge in [-0.15, -0.1) is 0 Å². The van der Waals surface area contributed by atoms with E-state index in [-0.39, 0.29) is 6.42 Å². The van der Waals surface area contributed by atoms with E-state index in [1.165, 1.54) is 0 Å². The maximum absolute atomic E-state index is 11.1. The highest BCUT2D eigenvalue weighted by atomic mass is 16.4. The van der Waals surface area contributed by atoms with Crippen molar-refractivity contribution in [3.05, 3.63) is 41.6 Å². The zero-order valence-electron chi connectivity index (χ0n) is 10.5. The molecule has 0 aliphatic carbocycles. The molecule has 19 heavy (non-hydrogen) atoms. The molecule has 0 aliphatic heterocycles. The summed E-state index contributed by atoms with van der Waals surface area (Å²) in [5.74, 6) is -1.05. The molecule has 0 radical (unpaired) electrons. The number of aliphatic carboxylic acids is 1. The van der Waals surface area contributed by atoms with E-state index in [2.05, 4.69) is 10.3 Å². The van der Waals surface area contributed by atoms with Crippen LogP contribution in [0, 0.1) is 6.92 Å². The van der Waals surface area contributed by atoms with Gasteiger partial charge in [0, 0.05) is 17.5 Å². The van der Waals surface area contributed by atoms with Gasteiger partial charge >= 0.3 is 5.97 Å². The van der Waals surface area contributed by atoms with Crippen molar-refractivity contribution >= 4 is 23.3 Å². The summed E-state index contributed by atoms with van der Waals surface area (Å²) in [4.78, 5) is 25.9. The second-order valence-corrected chi connectivity index (χ2v) is 4.32. The zero-order valence-corrected chi connectivity index (χ0v) is 10.5. The van der Waals surface area contributed by atoms with Gasteiger partial charge in [-0.25, -0.2) is 4.79 Å². The minimum absolute atomic E-state index is 0.234. The molecule has 0 saturated heterocycles. The lowest BCUT2D eigenvalue weighted by Crippen LogP contribution is -2.37. The number of carboxylic acids is 1. The predicted octanol–water partition coefficient (Wildman–Crippen LogP) is 1.28. The maximum atomic E-state index is 11.1. The third kappa shape index (κ3) is 2.88. The summed E-state index contributed by atoms with van der Waals surface area (Å²) >= 11 is 0. The standard InChI is InChI=1S/C14H14N2O3/c1-9-6-10(7-13(14(18)19)15-8-17)11-4-2-3-5-12(11)16-9/h2-6,8,13H,7H2,1H3,(H,15,17)(H,18,19). The van der Waals surface area contributed by atoms with Gasteiger partial charge in [0.05, 0.1) is 5.52 Å². The van der Waals surface area contributed by atoms with Crippen LogP contribution in [0.3, 0.4) is 0 Å². The molecule has 2 N–H and O–H groups in total. The number of hydrogen-bond acceptors (Lipinski definition) is 3. The lowest BCUT2D eigenvalue weighted by Gasteiger charge is -2.13. The van der Waals surface area contributed by atoms with E-state index >= 15 is 0 Å². The Morgan fingerprint density at radius 2 is 2.21 bits per heavy atom. The van der Waals surface area contributed by atoms with Crippen LogP contribution in [-0.4, -0.2) is 28.5 Å². The molecule has 1 amide bonds. The molecule has 2 rings (SSSR count). The molecule has 0 bridgehead atoms. The minimum Gasteiger partial charge on any atom is -0.480 e. The molecule has 98 valence electrons. The molecular weight excluding hydrogens is 244 g/mol. The van der Waals surface area contributed by atoms with Crippen molar-refractivity contribution in [2.24, 2.45) is 0 Å². The van der Waals surface area contributed by atoms with Crippen LogP contribution < -0.4 is 5.32 Å². The van der Waals surface area contributed by atoms with Crippen molar-refractivity contribution in [3.63, 3.8) is 0 Å². The third-order valence-corrected chi connectivity index (χ3v) is 2.92. The molecule has 0 spiro atoms. The number of rotatable bonds is 5. The molecule has 0 aliphatic rings.